The molecule has 3 aromatic carbocycles. The third-order valence-electron chi connectivity index (χ3n) is 4.80. The second kappa shape index (κ2) is 9.78. The summed E-state index contributed by atoms with van der Waals surface area (Å²) in [5.41, 5.74) is 2.14. The Labute approximate surface area is 175 Å². The Hall–Kier alpha value is -3.54. The summed E-state index contributed by atoms with van der Waals surface area (Å²) in [6, 6.07) is 18.2. The van der Waals surface area contributed by atoms with Crippen LogP contribution in [0.1, 0.15) is 28.4 Å². The van der Waals surface area contributed by atoms with Crippen LogP contribution in [0.3, 0.4) is 0 Å². The lowest BCUT2D eigenvalue weighted by atomic mass is 9.97. The van der Waals surface area contributed by atoms with Crippen LogP contribution in [0.4, 0.5) is 10.1 Å². The number of ether oxygens (including phenoxy) is 3. The fraction of sp³-hybridized carbons (Fsp3) is 0.208. The number of ketones is 1. The Morgan fingerprint density at radius 3 is 2.13 bits per heavy atom. The molecule has 6 heteroatoms. The summed E-state index contributed by atoms with van der Waals surface area (Å²) in [6.07, 6.45) is 0.194. The molecule has 0 fully saturated rings. The first-order chi connectivity index (χ1) is 14.5. The lowest BCUT2D eigenvalue weighted by Gasteiger charge is -2.21. The fourth-order valence-corrected chi connectivity index (χ4v) is 3.15. The van der Waals surface area contributed by atoms with Gasteiger partial charge < -0.3 is 19.5 Å². The molecule has 0 saturated carbocycles. The van der Waals surface area contributed by atoms with E-state index in [9.17, 15) is 9.18 Å². The molecule has 0 aliphatic carbocycles. The highest BCUT2D eigenvalue weighted by molar-refractivity contribution is 5.96. The number of anilines is 1. The van der Waals surface area contributed by atoms with Crippen molar-refractivity contribution in [3.63, 3.8) is 0 Å². The molecule has 156 valence electrons. The molecular weight excluding hydrogens is 385 g/mol. The summed E-state index contributed by atoms with van der Waals surface area (Å²) in [5, 5.41) is 3.33. The number of rotatable bonds is 9. The maximum Gasteiger partial charge on any atom is 0.165 e. The van der Waals surface area contributed by atoms with Crippen LogP contribution in [0.15, 0.2) is 66.7 Å². The second-order valence-electron chi connectivity index (χ2n) is 6.67. The maximum absolute atomic E-state index is 13.3. The number of Topliss-reactive ketones (excluding diaryl/α,β-unsaturated/α-hetero) is 1. The minimum Gasteiger partial charge on any atom is -0.497 e. The topological polar surface area (TPSA) is 56.8 Å². The highest BCUT2D eigenvalue weighted by atomic mass is 19.1. The van der Waals surface area contributed by atoms with Crippen molar-refractivity contribution in [2.75, 3.05) is 26.6 Å². The summed E-state index contributed by atoms with van der Waals surface area (Å²) in [4.78, 5) is 13.0. The largest absolute Gasteiger partial charge is 0.497 e. The molecule has 3 rings (SSSR count). The van der Waals surface area contributed by atoms with Gasteiger partial charge in [-0.15, -0.1) is 0 Å². The van der Waals surface area contributed by atoms with E-state index in [0.29, 0.717) is 28.5 Å². The van der Waals surface area contributed by atoms with Gasteiger partial charge in [-0.1, -0.05) is 6.07 Å². The van der Waals surface area contributed by atoms with Crippen LogP contribution in [0.25, 0.3) is 0 Å². The molecule has 0 aliphatic rings. The predicted octanol–water partition coefficient (Wildman–Crippen LogP) is 5.28. The van der Waals surface area contributed by atoms with Crippen LogP contribution < -0.4 is 19.5 Å². The third kappa shape index (κ3) is 5.08. The Kier molecular flexibility index (Phi) is 6.91. The highest BCUT2D eigenvalue weighted by Gasteiger charge is 2.19. The zero-order chi connectivity index (χ0) is 21.5. The Bertz CT molecular complexity index is 987. The molecule has 0 bridgehead atoms. The van der Waals surface area contributed by atoms with Gasteiger partial charge in [-0.05, 0) is 66.2 Å². The van der Waals surface area contributed by atoms with Gasteiger partial charge >= 0.3 is 0 Å². The van der Waals surface area contributed by atoms with Crippen molar-refractivity contribution >= 4 is 11.5 Å². The van der Waals surface area contributed by atoms with Crippen LogP contribution in [0.2, 0.25) is 0 Å². The van der Waals surface area contributed by atoms with Gasteiger partial charge in [0.2, 0.25) is 0 Å². The average Bonchev–Trinajstić information content (AvgIpc) is 2.79. The van der Waals surface area contributed by atoms with E-state index >= 15 is 0 Å². The van der Waals surface area contributed by atoms with Crippen LogP contribution in [0, 0.1) is 5.82 Å². The van der Waals surface area contributed by atoms with E-state index in [0.717, 1.165) is 5.56 Å². The van der Waals surface area contributed by atoms with Crippen LogP contribution in [0.5, 0.6) is 17.2 Å². The molecule has 0 heterocycles. The summed E-state index contributed by atoms with van der Waals surface area (Å²) in [5.74, 6) is 1.50. The van der Waals surface area contributed by atoms with E-state index in [-0.39, 0.29) is 24.1 Å². The van der Waals surface area contributed by atoms with Gasteiger partial charge in [0.15, 0.2) is 17.3 Å². The summed E-state index contributed by atoms with van der Waals surface area (Å²) in [7, 11) is 4.71. The van der Waals surface area contributed by atoms with E-state index < -0.39 is 0 Å². The van der Waals surface area contributed by atoms with Gasteiger partial charge in [0.1, 0.15) is 11.6 Å². The van der Waals surface area contributed by atoms with Gasteiger partial charge in [0, 0.05) is 17.7 Å². The number of hydrogen-bond donors (Lipinski definition) is 1. The minimum absolute atomic E-state index is 0.0351. The van der Waals surface area contributed by atoms with Gasteiger partial charge in [-0.2, -0.15) is 0 Å². The van der Waals surface area contributed by atoms with E-state index in [1.165, 1.54) is 12.1 Å². The van der Waals surface area contributed by atoms with E-state index in [1.54, 1.807) is 63.8 Å². The lowest BCUT2D eigenvalue weighted by molar-refractivity contribution is 0.0976. The third-order valence-corrected chi connectivity index (χ3v) is 4.80. The standard InChI is InChI=1S/C24H24FNO4/c1-28-20-11-4-16(5-12-20)22(27)15-21(26-19-9-7-18(25)8-10-19)17-6-13-23(29-2)24(14-17)30-3/h4-14,21,26H,15H2,1-3H3. The smallest absolute Gasteiger partial charge is 0.165 e. The van der Waals surface area contributed by atoms with Gasteiger partial charge in [-0.25, -0.2) is 4.39 Å². The molecule has 0 saturated heterocycles. The number of nitrogens with one attached hydrogen (secondary N) is 1. The van der Waals surface area contributed by atoms with E-state index in [4.69, 9.17) is 14.2 Å². The summed E-state index contributed by atoms with van der Waals surface area (Å²) in [6.45, 7) is 0. The second-order valence-corrected chi connectivity index (χ2v) is 6.67. The van der Waals surface area contributed by atoms with Gasteiger partial charge in [-0.3, -0.25) is 4.79 Å². The van der Waals surface area contributed by atoms with Crippen LogP contribution >= 0.6 is 0 Å². The van der Waals surface area contributed by atoms with Crippen molar-refractivity contribution in [3.05, 3.63) is 83.7 Å². The zero-order valence-corrected chi connectivity index (χ0v) is 17.1. The average molecular weight is 409 g/mol. The first kappa shape index (κ1) is 21.2. The van der Waals surface area contributed by atoms with Crippen molar-refractivity contribution in [3.8, 4) is 17.2 Å². The molecule has 0 aromatic heterocycles. The van der Waals surface area contributed by atoms with Gasteiger partial charge in [0.05, 0.1) is 27.4 Å². The molecule has 0 amide bonds. The predicted molar refractivity (Wildman–Crippen MR) is 114 cm³/mol. The van der Waals surface area contributed by atoms with E-state index in [2.05, 4.69) is 5.32 Å². The monoisotopic (exact) mass is 409 g/mol. The molecule has 30 heavy (non-hydrogen) atoms. The zero-order valence-electron chi connectivity index (χ0n) is 17.1. The van der Waals surface area contributed by atoms with E-state index in [1.807, 2.05) is 12.1 Å². The summed E-state index contributed by atoms with van der Waals surface area (Å²) >= 11 is 0. The summed E-state index contributed by atoms with van der Waals surface area (Å²) < 4.78 is 29.2. The van der Waals surface area contributed by atoms with Crippen molar-refractivity contribution in [2.45, 2.75) is 12.5 Å². The first-order valence-electron chi connectivity index (χ1n) is 9.45. The molecule has 0 spiro atoms. The maximum atomic E-state index is 13.3. The Balaban J connectivity index is 1.90. The Morgan fingerprint density at radius 1 is 0.867 bits per heavy atom. The molecule has 1 N–H and O–H groups in total. The molecule has 5 nitrogen and oxygen atoms in total. The first-order valence-corrected chi connectivity index (χ1v) is 9.45. The van der Waals surface area contributed by atoms with Crippen molar-refractivity contribution in [1.29, 1.82) is 0 Å². The number of halogens is 1. The van der Waals surface area contributed by atoms with Gasteiger partial charge in [0.25, 0.3) is 0 Å². The van der Waals surface area contributed by atoms with Crippen molar-refractivity contribution in [1.82, 2.24) is 0 Å². The SMILES string of the molecule is COc1ccc(C(=O)CC(Nc2ccc(F)cc2)c2ccc(OC)c(OC)c2)cc1. The molecule has 3 aromatic rings. The highest BCUT2D eigenvalue weighted by Crippen LogP contribution is 2.33. The molecule has 0 aliphatic heterocycles. The molecule has 0 radical (unpaired) electrons. The normalized spacial score (nSPS) is 11.5. The fourth-order valence-electron chi connectivity index (χ4n) is 3.15. The minimum atomic E-state index is -0.357. The van der Waals surface area contributed by atoms with Crippen molar-refractivity contribution in [2.24, 2.45) is 0 Å². The number of benzene rings is 3. The quantitative estimate of drug-likeness (QED) is 0.488. The lowest BCUT2D eigenvalue weighted by Crippen LogP contribution is -2.16. The Morgan fingerprint density at radius 2 is 1.53 bits per heavy atom. The molecule has 1 atom stereocenters. The van der Waals surface area contributed by atoms with Crippen molar-refractivity contribution < 1.29 is 23.4 Å². The van der Waals surface area contributed by atoms with Crippen LogP contribution in [-0.2, 0) is 0 Å². The number of hydrogen-bond acceptors (Lipinski definition) is 5. The number of methoxy groups -OCH3 is 3. The molecular formula is C24H24FNO4. The van der Waals surface area contributed by atoms with Crippen LogP contribution in [-0.4, -0.2) is 27.1 Å². The molecule has 1 unspecified atom stereocenters. The number of carbonyl (C=O) groups excluding carboxylic acids is 1. The number of carbonyl (C=O) groups is 1.